The number of para-hydroxylation sites is 1. The molecule has 0 unspecified atom stereocenters. The van der Waals surface area contributed by atoms with Crippen LogP contribution in [0.15, 0.2) is 47.4 Å². The number of carbonyl (C=O) groups excluding carboxylic acids is 1. The van der Waals surface area contributed by atoms with Crippen LogP contribution in [0.2, 0.25) is 0 Å². The summed E-state index contributed by atoms with van der Waals surface area (Å²) in [6.45, 7) is 1.93. The summed E-state index contributed by atoms with van der Waals surface area (Å²) in [4.78, 5) is 30.9. The van der Waals surface area contributed by atoms with Crippen molar-refractivity contribution in [3.05, 3.63) is 58.4 Å². The van der Waals surface area contributed by atoms with Crippen molar-refractivity contribution in [2.45, 2.75) is 6.92 Å². The highest BCUT2D eigenvalue weighted by Crippen LogP contribution is 2.21. The molecule has 1 aromatic carbocycles. The lowest BCUT2D eigenvalue weighted by atomic mass is 10.1. The molecule has 5 heteroatoms. The van der Waals surface area contributed by atoms with Crippen LogP contribution in [0.25, 0.3) is 22.3 Å². The fourth-order valence-corrected chi connectivity index (χ4v) is 2.32. The maximum atomic E-state index is 12.6. The van der Waals surface area contributed by atoms with Gasteiger partial charge in [-0.05, 0) is 31.2 Å². The molecule has 106 valence electrons. The van der Waals surface area contributed by atoms with Crippen molar-refractivity contribution in [3.8, 4) is 11.4 Å². The van der Waals surface area contributed by atoms with Gasteiger partial charge in [0.1, 0.15) is 5.56 Å². The van der Waals surface area contributed by atoms with E-state index < -0.39 is 5.97 Å². The van der Waals surface area contributed by atoms with Crippen LogP contribution < -0.4 is 5.43 Å². The van der Waals surface area contributed by atoms with Gasteiger partial charge in [0.25, 0.3) is 0 Å². The summed E-state index contributed by atoms with van der Waals surface area (Å²) in [7, 11) is 0. The normalized spacial score (nSPS) is 10.7. The van der Waals surface area contributed by atoms with Crippen molar-refractivity contribution in [2.24, 2.45) is 0 Å². The van der Waals surface area contributed by atoms with Gasteiger partial charge in [0, 0.05) is 17.1 Å². The number of nitrogens with one attached hydrogen (secondary N) is 2. The van der Waals surface area contributed by atoms with Gasteiger partial charge in [0.05, 0.1) is 18.0 Å². The van der Waals surface area contributed by atoms with Crippen LogP contribution in [0.4, 0.5) is 0 Å². The molecule has 2 aromatic heterocycles. The van der Waals surface area contributed by atoms with E-state index in [2.05, 4.69) is 9.97 Å². The lowest BCUT2D eigenvalue weighted by Crippen LogP contribution is -2.20. The van der Waals surface area contributed by atoms with E-state index in [-0.39, 0.29) is 17.6 Å². The molecule has 0 spiro atoms. The largest absolute Gasteiger partial charge is 0.462 e. The van der Waals surface area contributed by atoms with E-state index in [0.717, 1.165) is 0 Å². The zero-order chi connectivity index (χ0) is 14.8. The quantitative estimate of drug-likeness (QED) is 0.725. The molecule has 0 aliphatic rings. The zero-order valence-corrected chi connectivity index (χ0v) is 11.5. The van der Waals surface area contributed by atoms with Crippen molar-refractivity contribution in [1.29, 1.82) is 0 Å². The number of fused-ring (bicyclic) bond motifs is 1. The highest BCUT2D eigenvalue weighted by molar-refractivity contribution is 5.99. The summed E-state index contributed by atoms with van der Waals surface area (Å²) in [6.07, 6.45) is 1.73. The molecule has 0 fully saturated rings. The fraction of sp³-hybridized carbons (Fsp3) is 0.125. The van der Waals surface area contributed by atoms with Gasteiger partial charge in [0.2, 0.25) is 5.43 Å². The number of aromatic nitrogens is 2. The predicted octanol–water partition coefficient (Wildman–Crippen LogP) is 2.70. The molecule has 3 rings (SSSR count). The zero-order valence-electron chi connectivity index (χ0n) is 11.5. The van der Waals surface area contributed by atoms with Gasteiger partial charge in [-0.15, -0.1) is 0 Å². The van der Waals surface area contributed by atoms with Gasteiger partial charge in [-0.2, -0.15) is 0 Å². The minimum absolute atomic E-state index is 0.0259. The minimum atomic E-state index is -0.617. The molecule has 0 amide bonds. The molecule has 0 aliphatic heterocycles. The maximum absolute atomic E-state index is 12.6. The Morgan fingerprint density at radius 3 is 2.71 bits per heavy atom. The van der Waals surface area contributed by atoms with Crippen molar-refractivity contribution >= 4 is 16.9 Å². The average Bonchev–Trinajstić information content (AvgIpc) is 3.01. The fourth-order valence-electron chi connectivity index (χ4n) is 2.32. The van der Waals surface area contributed by atoms with Crippen LogP contribution in [0.5, 0.6) is 0 Å². The molecule has 0 saturated carbocycles. The Morgan fingerprint density at radius 2 is 2.00 bits per heavy atom. The van der Waals surface area contributed by atoms with Crippen molar-refractivity contribution in [1.82, 2.24) is 9.97 Å². The first kappa shape index (κ1) is 13.2. The minimum Gasteiger partial charge on any atom is -0.462 e. The number of hydrogen-bond donors (Lipinski definition) is 2. The van der Waals surface area contributed by atoms with E-state index in [9.17, 15) is 9.59 Å². The summed E-state index contributed by atoms with van der Waals surface area (Å²) >= 11 is 0. The van der Waals surface area contributed by atoms with Crippen molar-refractivity contribution in [2.75, 3.05) is 6.61 Å². The molecule has 2 heterocycles. The molecule has 2 N–H and O–H groups in total. The molecule has 0 saturated heterocycles. The van der Waals surface area contributed by atoms with E-state index in [0.29, 0.717) is 22.3 Å². The summed E-state index contributed by atoms with van der Waals surface area (Å²) < 4.78 is 5.02. The Balaban J connectivity index is 2.36. The number of ether oxygens (including phenoxy) is 1. The maximum Gasteiger partial charge on any atom is 0.344 e. The Kier molecular flexibility index (Phi) is 3.31. The van der Waals surface area contributed by atoms with E-state index in [1.165, 1.54) is 0 Å². The second kappa shape index (κ2) is 5.28. The molecule has 0 atom stereocenters. The first-order valence-corrected chi connectivity index (χ1v) is 6.68. The predicted molar refractivity (Wildman–Crippen MR) is 80.3 cm³/mol. The number of H-pyrrole nitrogens is 2. The van der Waals surface area contributed by atoms with Gasteiger partial charge >= 0.3 is 5.97 Å². The standard InChI is InChI=1S/C16H14N2O3/c1-2-21-16(20)13-14(12-8-5-9-17-12)18-11-7-4-3-6-10(11)15(13)19/h3-9,17H,2H2,1H3,(H,18,19). The first-order valence-electron chi connectivity index (χ1n) is 6.68. The van der Waals surface area contributed by atoms with Crippen LogP contribution in [0, 0.1) is 0 Å². The van der Waals surface area contributed by atoms with Crippen molar-refractivity contribution < 1.29 is 9.53 Å². The van der Waals surface area contributed by atoms with E-state index in [4.69, 9.17) is 4.74 Å². The lowest BCUT2D eigenvalue weighted by Gasteiger charge is -2.09. The van der Waals surface area contributed by atoms with Gasteiger partial charge in [-0.25, -0.2) is 4.79 Å². The number of hydrogen-bond acceptors (Lipinski definition) is 3. The van der Waals surface area contributed by atoms with Crippen LogP contribution in [-0.4, -0.2) is 22.5 Å². The second-order valence-electron chi connectivity index (χ2n) is 4.55. The number of rotatable bonds is 3. The SMILES string of the molecule is CCOC(=O)c1c(-c2ccc[nH]2)[nH]c2ccccc2c1=O. The van der Waals surface area contributed by atoms with Gasteiger partial charge < -0.3 is 14.7 Å². The summed E-state index contributed by atoms with van der Waals surface area (Å²) in [5, 5.41) is 0.468. The highest BCUT2D eigenvalue weighted by atomic mass is 16.5. The second-order valence-corrected chi connectivity index (χ2v) is 4.55. The van der Waals surface area contributed by atoms with E-state index >= 15 is 0 Å². The third kappa shape index (κ3) is 2.23. The Bertz CT molecular complexity index is 848. The molecular formula is C16H14N2O3. The van der Waals surface area contributed by atoms with Gasteiger partial charge in [-0.3, -0.25) is 4.79 Å². The topological polar surface area (TPSA) is 75.0 Å². The summed E-state index contributed by atoms with van der Waals surface area (Å²) in [6, 6.07) is 10.7. The lowest BCUT2D eigenvalue weighted by molar-refractivity contribution is 0.0525. The first-order chi connectivity index (χ1) is 10.2. The Labute approximate surface area is 120 Å². The molecule has 21 heavy (non-hydrogen) atoms. The third-order valence-corrected chi connectivity index (χ3v) is 3.26. The van der Waals surface area contributed by atoms with Crippen LogP contribution in [0.3, 0.4) is 0 Å². The molecule has 0 aliphatic carbocycles. The van der Waals surface area contributed by atoms with Crippen LogP contribution >= 0.6 is 0 Å². The number of carbonyl (C=O) groups is 1. The summed E-state index contributed by atoms with van der Waals surface area (Å²) in [5.74, 6) is -0.617. The molecule has 5 nitrogen and oxygen atoms in total. The number of esters is 1. The molecule has 0 bridgehead atoms. The Morgan fingerprint density at radius 1 is 1.19 bits per heavy atom. The number of aromatic amines is 2. The highest BCUT2D eigenvalue weighted by Gasteiger charge is 2.21. The molecule has 0 radical (unpaired) electrons. The van der Waals surface area contributed by atoms with Gasteiger partial charge in [-0.1, -0.05) is 12.1 Å². The monoisotopic (exact) mass is 282 g/mol. The van der Waals surface area contributed by atoms with Gasteiger partial charge in [0.15, 0.2) is 0 Å². The smallest absolute Gasteiger partial charge is 0.344 e. The van der Waals surface area contributed by atoms with E-state index in [1.807, 2.05) is 6.07 Å². The van der Waals surface area contributed by atoms with Crippen molar-refractivity contribution in [3.63, 3.8) is 0 Å². The molecule has 3 aromatic rings. The average molecular weight is 282 g/mol. The van der Waals surface area contributed by atoms with Crippen LogP contribution in [-0.2, 0) is 4.74 Å². The summed E-state index contributed by atoms with van der Waals surface area (Å²) in [5.41, 5.74) is 1.49. The third-order valence-electron chi connectivity index (χ3n) is 3.26. The van der Waals surface area contributed by atoms with Crippen LogP contribution in [0.1, 0.15) is 17.3 Å². The Hall–Kier alpha value is -2.82. The molecular weight excluding hydrogens is 268 g/mol. The number of benzene rings is 1. The van der Waals surface area contributed by atoms with E-state index in [1.54, 1.807) is 43.5 Å². The number of pyridine rings is 1.